The van der Waals surface area contributed by atoms with E-state index in [2.05, 4.69) is 61.3 Å². The van der Waals surface area contributed by atoms with Gasteiger partial charge in [-0.2, -0.15) is 4.98 Å². The van der Waals surface area contributed by atoms with Crippen LogP contribution in [0.1, 0.15) is 19.4 Å². The molecule has 176 valence electrons. The molecule has 1 aliphatic rings. The third kappa shape index (κ3) is 4.44. The molecular weight excluding hydrogens is 432 g/mol. The maximum Gasteiger partial charge on any atom is 0.417 e. The number of H-pyrrole nitrogens is 1. The van der Waals surface area contributed by atoms with Crippen LogP contribution in [0.15, 0.2) is 51.9 Å². The molecule has 1 saturated heterocycles. The first-order valence-electron chi connectivity index (χ1n) is 11.3. The molecular formula is C24H28N8O2. The summed E-state index contributed by atoms with van der Waals surface area (Å²) < 4.78 is 5.06. The van der Waals surface area contributed by atoms with Gasteiger partial charge in [0.15, 0.2) is 5.58 Å². The predicted molar refractivity (Wildman–Crippen MR) is 133 cm³/mol. The van der Waals surface area contributed by atoms with E-state index >= 15 is 0 Å². The van der Waals surface area contributed by atoms with Gasteiger partial charge in [-0.15, -0.1) is 0 Å². The first kappa shape index (κ1) is 21.9. The average Bonchev–Trinajstić information content (AvgIpc) is 3.18. The number of anilines is 5. The summed E-state index contributed by atoms with van der Waals surface area (Å²) in [6.07, 6.45) is 3.57. The van der Waals surface area contributed by atoms with Crippen molar-refractivity contribution < 1.29 is 4.42 Å². The number of oxazole rings is 1. The minimum absolute atomic E-state index is 0.403. The zero-order valence-electron chi connectivity index (χ0n) is 19.7. The van der Waals surface area contributed by atoms with Gasteiger partial charge in [-0.3, -0.25) is 9.88 Å². The van der Waals surface area contributed by atoms with Crippen molar-refractivity contribution in [3.63, 3.8) is 0 Å². The molecule has 0 unspecified atom stereocenters. The molecule has 4 aromatic rings. The van der Waals surface area contributed by atoms with E-state index in [0.29, 0.717) is 34.9 Å². The number of hydrogen-bond donors (Lipinski definition) is 3. The lowest BCUT2D eigenvalue weighted by Gasteiger charge is -2.43. The maximum absolute atomic E-state index is 11.4. The fraction of sp³-hybridized carbons (Fsp3) is 0.333. The molecule has 1 fully saturated rings. The number of fused-ring (bicyclic) bond motifs is 1. The number of pyridine rings is 1. The van der Waals surface area contributed by atoms with Crippen LogP contribution in [-0.4, -0.2) is 57.1 Å². The van der Waals surface area contributed by atoms with Gasteiger partial charge in [-0.25, -0.2) is 14.8 Å². The summed E-state index contributed by atoms with van der Waals surface area (Å²) in [5, 5.41) is 6.52. The molecule has 0 saturated carbocycles. The van der Waals surface area contributed by atoms with Crippen molar-refractivity contribution >= 4 is 40.1 Å². The van der Waals surface area contributed by atoms with E-state index in [1.54, 1.807) is 18.3 Å². The normalized spacial score (nSPS) is 18.9. The first-order chi connectivity index (χ1) is 16.4. The fourth-order valence-corrected chi connectivity index (χ4v) is 4.17. The van der Waals surface area contributed by atoms with E-state index in [9.17, 15) is 4.79 Å². The third-order valence-corrected chi connectivity index (χ3v) is 6.25. The number of aromatic amines is 1. The molecule has 0 radical (unpaired) electrons. The third-order valence-electron chi connectivity index (χ3n) is 6.25. The minimum atomic E-state index is -0.479. The van der Waals surface area contributed by atoms with Crippen molar-refractivity contribution in [2.45, 2.75) is 32.9 Å². The molecule has 1 aromatic carbocycles. The fourth-order valence-electron chi connectivity index (χ4n) is 4.17. The van der Waals surface area contributed by atoms with Crippen LogP contribution in [0.4, 0.5) is 29.0 Å². The molecule has 34 heavy (non-hydrogen) atoms. The van der Waals surface area contributed by atoms with E-state index in [1.165, 1.54) is 0 Å². The number of benzene rings is 1. The van der Waals surface area contributed by atoms with Gasteiger partial charge >= 0.3 is 5.76 Å². The summed E-state index contributed by atoms with van der Waals surface area (Å²) >= 11 is 0. The molecule has 0 aliphatic carbocycles. The largest absolute Gasteiger partial charge is 0.417 e. The molecule has 5 rings (SSSR count). The average molecular weight is 461 g/mol. The summed E-state index contributed by atoms with van der Waals surface area (Å²) in [6.45, 7) is 8.36. The highest BCUT2D eigenvalue weighted by molar-refractivity contribution is 5.78. The van der Waals surface area contributed by atoms with E-state index in [1.807, 2.05) is 31.3 Å². The van der Waals surface area contributed by atoms with Crippen LogP contribution in [0.25, 0.3) is 11.1 Å². The number of hydrogen-bond acceptors (Lipinski definition) is 9. The highest BCUT2D eigenvalue weighted by Gasteiger charge is 2.27. The standard InChI is InChI=1S/C24H28N8O2/c1-14-10-26-23(30-22(14)27-17-5-7-20-19(9-17)29-24(33)34-20)28-18-6-8-21(25-11-18)32-13-15(2)31(4)12-16(32)3/h5-11,15-16H,12-13H2,1-4H3,(H,29,33)(H2,26,27,28,30)/t15-,16+/m0/s1. The van der Waals surface area contributed by atoms with Gasteiger partial charge in [0, 0.05) is 42.6 Å². The van der Waals surface area contributed by atoms with Gasteiger partial charge in [0.1, 0.15) is 11.6 Å². The Morgan fingerprint density at radius 2 is 1.85 bits per heavy atom. The molecule has 2 atom stereocenters. The van der Waals surface area contributed by atoms with Gasteiger partial charge in [-0.1, -0.05) is 0 Å². The Morgan fingerprint density at radius 1 is 1.03 bits per heavy atom. The lowest BCUT2D eigenvalue weighted by molar-refractivity contribution is 0.205. The Balaban J connectivity index is 1.31. The zero-order chi connectivity index (χ0) is 23.8. The Kier molecular flexibility index (Phi) is 5.66. The molecule has 10 nitrogen and oxygen atoms in total. The number of likely N-dealkylation sites (N-methyl/N-ethyl adjacent to an activating group) is 1. The van der Waals surface area contributed by atoms with Gasteiger partial charge in [-0.05, 0) is 58.2 Å². The zero-order valence-corrected chi connectivity index (χ0v) is 19.7. The lowest BCUT2D eigenvalue weighted by atomic mass is 10.1. The minimum Gasteiger partial charge on any atom is -0.408 e. The van der Waals surface area contributed by atoms with Crippen LogP contribution in [0, 0.1) is 6.92 Å². The van der Waals surface area contributed by atoms with Crippen molar-refractivity contribution in [3.05, 3.63) is 58.8 Å². The summed E-state index contributed by atoms with van der Waals surface area (Å²) in [6, 6.07) is 10.3. The quantitative estimate of drug-likeness (QED) is 0.411. The highest BCUT2D eigenvalue weighted by atomic mass is 16.4. The molecule has 4 heterocycles. The Bertz CT molecular complexity index is 1360. The summed E-state index contributed by atoms with van der Waals surface area (Å²) in [5.74, 6) is 1.61. The van der Waals surface area contributed by atoms with E-state index in [-0.39, 0.29) is 0 Å². The molecule has 0 amide bonds. The topological polar surface area (TPSA) is 115 Å². The second-order valence-corrected chi connectivity index (χ2v) is 8.90. The number of aromatic nitrogens is 4. The Morgan fingerprint density at radius 3 is 2.65 bits per heavy atom. The molecule has 0 spiro atoms. The smallest absolute Gasteiger partial charge is 0.408 e. The molecule has 3 aromatic heterocycles. The predicted octanol–water partition coefficient (Wildman–Crippen LogP) is 3.63. The van der Waals surface area contributed by atoms with E-state index < -0.39 is 5.76 Å². The van der Waals surface area contributed by atoms with Crippen LogP contribution in [0.2, 0.25) is 0 Å². The van der Waals surface area contributed by atoms with Crippen molar-refractivity contribution in [1.82, 2.24) is 24.8 Å². The Labute approximate surface area is 197 Å². The van der Waals surface area contributed by atoms with Crippen molar-refractivity contribution in [1.29, 1.82) is 0 Å². The number of aryl methyl sites for hydroxylation is 1. The highest BCUT2D eigenvalue weighted by Crippen LogP contribution is 2.25. The monoisotopic (exact) mass is 460 g/mol. The van der Waals surface area contributed by atoms with Gasteiger partial charge < -0.3 is 20.0 Å². The maximum atomic E-state index is 11.4. The van der Waals surface area contributed by atoms with Crippen molar-refractivity contribution in [3.8, 4) is 0 Å². The number of rotatable bonds is 5. The number of piperazine rings is 1. The van der Waals surface area contributed by atoms with Crippen molar-refractivity contribution in [2.24, 2.45) is 0 Å². The van der Waals surface area contributed by atoms with Gasteiger partial charge in [0.2, 0.25) is 5.95 Å². The second-order valence-electron chi connectivity index (χ2n) is 8.90. The Hall–Kier alpha value is -3.92. The number of nitrogens with one attached hydrogen (secondary N) is 3. The molecule has 10 heteroatoms. The van der Waals surface area contributed by atoms with E-state index in [0.717, 1.165) is 35.8 Å². The van der Waals surface area contributed by atoms with Crippen molar-refractivity contribution in [2.75, 3.05) is 35.7 Å². The van der Waals surface area contributed by atoms with Crippen LogP contribution < -0.4 is 21.3 Å². The lowest BCUT2D eigenvalue weighted by Crippen LogP contribution is -2.55. The number of nitrogens with zero attached hydrogens (tertiary/aromatic N) is 5. The van der Waals surface area contributed by atoms with Crippen LogP contribution in [0.5, 0.6) is 0 Å². The van der Waals surface area contributed by atoms with Gasteiger partial charge in [0.05, 0.1) is 17.4 Å². The summed E-state index contributed by atoms with van der Waals surface area (Å²) in [5.41, 5.74) is 3.60. The second kappa shape index (κ2) is 8.79. The van der Waals surface area contributed by atoms with E-state index in [4.69, 9.17) is 4.42 Å². The first-order valence-corrected chi connectivity index (χ1v) is 11.3. The summed E-state index contributed by atoms with van der Waals surface area (Å²) in [7, 11) is 2.17. The molecule has 1 aliphatic heterocycles. The SMILES string of the molecule is Cc1cnc(Nc2ccc(N3C[C@H](C)N(C)C[C@H]3C)nc2)nc1Nc1ccc2oc(=O)[nH]c2c1. The molecule has 3 N–H and O–H groups in total. The van der Waals surface area contributed by atoms with Crippen LogP contribution in [-0.2, 0) is 0 Å². The van der Waals surface area contributed by atoms with Crippen LogP contribution >= 0.6 is 0 Å². The molecule has 0 bridgehead atoms. The van der Waals surface area contributed by atoms with Gasteiger partial charge in [0.25, 0.3) is 0 Å². The summed E-state index contributed by atoms with van der Waals surface area (Å²) in [4.78, 5) is 32.5. The van der Waals surface area contributed by atoms with Crippen LogP contribution in [0.3, 0.4) is 0 Å².